The van der Waals surface area contributed by atoms with Crippen LogP contribution in [-0.4, -0.2) is 51.4 Å². The maximum absolute atomic E-state index is 9.15. The highest BCUT2D eigenvalue weighted by Gasteiger charge is 2.46. The van der Waals surface area contributed by atoms with E-state index in [0.717, 1.165) is 0 Å². The van der Waals surface area contributed by atoms with Crippen molar-refractivity contribution in [1.82, 2.24) is 0 Å². The lowest BCUT2D eigenvalue weighted by molar-refractivity contribution is -0.0307. The fourth-order valence-electron chi connectivity index (χ4n) is 1.39. The smallest absolute Gasteiger partial charge is 0.108 e. The monoisotopic (exact) mass is 163 g/mol. The van der Waals surface area contributed by atoms with E-state index in [1.807, 2.05) is 0 Å². The van der Waals surface area contributed by atoms with E-state index in [1.165, 1.54) is 0 Å². The first kappa shape index (κ1) is 8.89. The molecule has 6 N–H and O–H groups in total. The summed E-state index contributed by atoms with van der Waals surface area (Å²) in [5.41, 5.74) is 5.38. The Labute approximate surface area is 64.1 Å². The third-order valence-electron chi connectivity index (χ3n) is 2.24. The standard InChI is InChI=1S/C6H13NO4/c7-3-2(1-8)4(9)6(11)5(3)10/h2-6,8-11H,1,7H2/t2-,3-,4+,5+,6-/m1/s1. The summed E-state index contributed by atoms with van der Waals surface area (Å²) >= 11 is 0. The predicted octanol–water partition coefficient (Wildman–Crippen LogP) is -2.98. The van der Waals surface area contributed by atoms with Crippen LogP contribution < -0.4 is 5.73 Å². The van der Waals surface area contributed by atoms with Crippen LogP contribution in [0.3, 0.4) is 0 Å². The largest absolute Gasteiger partial charge is 0.396 e. The number of nitrogens with two attached hydrogens (primary N) is 1. The van der Waals surface area contributed by atoms with Crippen LogP contribution in [0, 0.1) is 5.92 Å². The van der Waals surface area contributed by atoms with Crippen LogP contribution in [0.15, 0.2) is 0 Å². The highest BCUT2D eigenvalue weighted by atomic mass is 16.4. The molecular weight excluding hydrogens is 150 g/mol. The molecule has 0 aromatic heterocycles. The van der Waals surface area contributed by atoms with Crippen molar-refractivity contribution in [3.05, 3.63) is 0 Å². The van der Waals surface area contributed by atoms with Crippen LogP contribution in [0.25, 0.3) is 0 Å². The molecule has 0 aromatic carbocycles. The molecule has 66 valence electrons. The molecule has 0 radical (unpaired) electrons. The second kappa shape index (κ2) is 3.04. The Bertz CT molecular complexity index is 129. The van der Waals surface area contributed by atoms with E-state index in [0.29, 0.717) is 0 Å². The van der Waals surface area contributed by atoms with Crippen molar-refractivity contribution in [2.75, 3.05) is 6.61 Å². The molecular formula is C6H13NO4. The number of hydrogen-bond acceptors (Lipinski definition) is 5. The van der Waals surface area contributed by atoms with Crippen LogP contribution in [0.2, 0.25) is 0 Å². The predicted molar refractivity (Wildman–Crippen MR) is 36.6 cm³/mol. The van der Waals surface area contributed by atoms with E-state index < -0.39 is 30.3 Å². The number of hydrogen-bond donors (Lipinski definition) is 5. The minimum Gasteiger partial charge on any atom is -0.396 e. The molecule has 5 nitrogen and oxygen atoms in total. The zero-order valence-corrected chi connectivity index (χ0v) is 5.96. The molecule has 1 rings (SSSR count). The van der Waals surface area contributed by atoms with Crippen molar-refractivity contribution in [2.45, 2.75) is 24.4 Å². The lowest BCUT2D eigenvalue weighted by Gasteiger charge is -2.15. The topological polar surface area (TPSA) is 107 Å². The van der Waals surface area contributed by atoms with Crippen LogP contribution >= 0.6 is 0 Å². The molecule has 0 bridgehead atoms. The zero-order valence-electron chi connectivity index (χ0n) is 5.96. The Hall–Kier alpha value is -0.200. The summed E-state index contributed by atoms with van der Waals surface area (Å²) in [5.74, 6) is -0.625. The quantitative estimate of drug-likeness (QED) is 0.283. The summed E-state index contributed by atoms with van der Waals surface area (Å²) < 4.78 is 0. The molecule has 1 aliphatic carbocycles. The van der Waals surface area contributed by atoms with Crippen LogP contribution in [0.1, 0.15) is 0 Å². The fourth-order valence-corrected chi connectivity index (χ4v) is 1.39. The van der Waals surface area contributed by atoms with E-state index in [9.17, 15) is 0 Å². The van der Waals surface area contributed by atoms with Crippen LogP contribution in [0.5, 0.6) is 0 Å². The van der Waals surface area contributed by atoms with Gasteiger partial charge in [0, 0.05) is 12.0 Å². The average molecular weight is 163 g/mol. The molecule has 0 aromatic rings. The van der Waals surface area contributed by atoms with Gasteiger partial charge in [-0.2, -0.15) is 0 Å². The molecule has 0 spiro atoms. The van der Waals surface area contributed by atoms with E-state index >= 15 is 0 Å². The van der Waals surface area contributed by atoms with Gasteiger partial charge in [-0.05, 0) is 0 Å². The molecule has 0 amide bonds. The number of rotatable bonds is 1. The highest BCUT2D eigenvalue weighted by molar-refractivity contribution is 4.99. The molecule has 0 aliphatic heterocycles. The molecule has 0 unspecified atom stereocenters. The second-order valence-electron chi connectivity index (χ2n) is 2.90. The van der Waals surface area contributed by atoms with Crippen molar-refractivity contribution < 1.29 is 20.4 Å². The number of aliphatic hydroxyl groups excluding tert-OH is 4. The van der Waals surface area contributed by atoms with Crippen LogP contribution in [0.4, 0.5) is 0 Å². The van der Waals surface area contributed by atoms with Crippen molar-refractivity contribution in [3.8, 4) is 0 Å². The summed E-state index contributed by atoms with van der Waals surface area (Å²) in [4.78, 5) is 0. The first-order valence-electron chi connectivity index (χ1n) is 3.50. The minimum absolute atomic E-state index is 0.323. The third-order valence-corrected chi connectivity index (χ3v) is 2.24. The molecule has 1 aliphatic rings. The van der Waals surface area contributed by atoms with Gasteiger partial charge in [-0.1, -0.05) is 0 Å². The van der Waals surface area contributed by atoms with Gasteiger partial charge in [0.2, 0.25) is 0 Å². The van der Waals surface area contributed by atoms with Crippen molar-refractivity contribution in [2.24, 2.45) is 11.7 Å². The zero-order chi connectivity index (χ0) is 8.59. The van der Waals surface area contributed by atoms with Gasteiger partial charge in [-0.3, -0.25) is 0 Å². The van der Waals surface area contributed by atoms with Gasteiger partial charge in [0.25, 0.3) is 0 Å². The van der Waals surface area contributed by atoms with Gasteiger partial charge in [0.15, 0.2) is 0 Å². The lowest BCUT2D eigenvalue weighted by Crippen LogP contribution is -2.39. The maximum Gasteiger partial charge on any atom is 0.108 e. The molecule has 1 fully saturated rings. The van der Waals surface area contributed by atoms with Gasteiger partial charge in [0.1, 0.15) is 6.10 Å². The Balaban J connectivity index is 2.69. The van der Waals surface area contributed by atoms with Gasteiger partial charge in [-0.25, -0.2) is 0 Å². The third kappa shape index (κ3) is 1.25. The summed E-state index contributed by atoms with van der Waals surface area (Å²) in [6.45, 7) is -0.323. The lowest BCUT2D eigenvalue weighted by atomic mass is 10.0. The Kier molecular flexibility index (Phi) is 2.46. The Morgan fingerprint density at radius 2 is 1.55 bits per heavy atom. The van der Waals surface area contributed by atoms with E-state index in [-0.39, 0.29) is 6.61 Å². The van der Waals surface area contributed by atoms with E-state index in [4.69, 9.17) is 26.2 Å². The summed E-state index contributed by atoms with van der Waals surface area (Å²) in [5, 5.41) is 36.0. The molecule has 0 saturated heterocycles. The van der Waals surface area contributed by atoms with Gasteiger partial charge in [0.05, 0.1) is 18.8 Å². The maximum atomic E-state index is 9.15. The van der Waals surface area contributed by atoms with E-state index in [1.54, 1.807) is 0 Å². The summed E-state index contributed by atoms with van der Waals surface area (Å²) in [6.07, 6.45) is -3.49. The molecule has 11 heavy (non-hydrogen) atoms. The first-order chi connectivity index (χ1) is 5.09. The van der Waals surface area contributed by atoms with Gasteiger partial charge in [-0.15, -0.1) is 0 Å². The van der Waals surface area contributed by atoms with E-state index in [2.05, 4.69) is 0 Å². The summed E-state index contributed by atoms with van der Waals surface area (Å²) in [7, 11) is 0. The molecule has 0 heterocycles. The number of aliphatic hydroxyl groups is 4. The molecule has 5 heteroatoms. The van der Waals surface area contributed by atoms with Gasteiger partial charge < -0.3 is 26.2 Å². The SMILES string of the molecule is N[C@H]1[C@H](O)[C@H](O)[C@@H](O)[C@@H]1CO. The molecule has 5 atom stereocenters. The molecule has 1 saturated carbocycles. The Morgan fingerprint density at radius 1 is 1.00 bits per heavy atom. The Morgan fingerprint density at radius 3 is 1.73 bits per heavy atom. The van der Waals surface area contributed by atoms with Gasteiger partial charge >= 0.3 is 0 Å². The van der Waals surface area contributed by atoms with Crippen molar-refractivity contribution in [3.63, 3.8) is 0 Å². The normalized spacial score (nSPS) is 51.5. The van der Waals surface area contributed by atoms with Crippen molar-refractivity contribution in [1.29, 1.82) is 0 Å². The minimum atomic E-state index is -1.23. The fraction of sp³-hybridized carbons (Fsp3) is 1.00. The van der Waals surface area contributed by atoms with Crippen molar-refractivity contribution >= 4 is 0 Å². The highest BCUT2D eigenvalue weighted by Crippen LogP contribution is 2.25. The average Bonchev–Trinajstić information content (AvgIpc) is 2.17. The van der Waals surface area contributed by atoms with Crippen LogP contribution in [-0.2, 0) is 0 Å². The second-order valence-corrected chi connectivity index (χ2v) is 2.90. The first-order valence-corrected chi connectivity index (χ1v) is 3.50. The summed E-state index contributed by atoms with van der Waals surface area (Å²) in [6, 6.07) is -0.745.